The van der Waals surface area contributed by atoms with Gasteiger partial charge >= 0.3 is 0 Å². The van der Waals surface area contributed by atoms with Crippen LogP contribution in [0.1, 0.15) is 11.1 Å². The van der Waals surface area contributed by atoms with Crippen LogP contribution in [0.3, 0.4) is 0 Å². The molecule has 0 aliphatic heterocycles. The van der Waals surface area contributed by atoms with Gasteiger partial charge in [0.1, 0.15) is 0 Å². The fraction of sp³-hybridized carbons (Fsp3) is 0.143. The number of hydrogen-bond acceptors (Lipinski definition) is 2. The van der Waals surface area contributed by atoms with Crippen LogP contribution in [-0.4, -0.2) is 4.21 Å². The number of nitrogens with two attached hydrogens (primary N) is 1. The van der Waals surface area contributed by atoms with Gasteiger partial charge < -0.3 is 5.73 Å². The molecule has 4 heteroatoms. The van der Waals surface area contributed by atoms with Gasteiger partial charge in [0.2, 0.25) is 0 Å². The number of benzene rings is 2. The average Bonchev–Trinajstić information content (AvgIpc) is 2.32. The fourth-order valence-corrected chi connectivity index (χ4v) is 3.20. The van der Waals surface area contributed by atoms with E-state index in [1.54, 1.807) is 18.2 Å². The summed E-state index contributed by atoms with van der Waals surface area (Å²) < 4.78 is 12.3. The number of hydrogen-bond donors (Lipinski definition) is 1. The molecule has 0 aliphatic carbocycles. The van der Waals surface area contributed by atoms with Gasteiger partial charge in [-0.1, -0.05) is 35.9 Å². The summed E-state index contributed by atoms with van der Waals surface area (Å²) >= 11 is 5.83. The molecule has 0 bridgehead atoms. The number of rotatable bonds is 3. The van der Waals surface area contributed by atoms with Gasteiger partial charge in [-0.2, -0.15) is 0 Å². The first-order valence-corrected chi connectivity index (χ1v) is 7.25. The van der Waals surface area contributed by atoms with E-state index >= 15 is 0 Å². The van der Waals surface area contributed by atoms with E-state index in [9.17, 15) is 4.21 Å². The third-order valence-electron chi connectivity index (χ3n) is 2.76. The van der Waals surface area contributed by atoms with E-state index in [0.29, 0.717) is 21.4 Å². The van der Waals surface area contributed by atoms with Crippen molar-refractivity contribution >= 4 is 28.1 Å². The summed E-state index contributed by atoms with van der Waals surface area (Å²) in [6, 6.07) is 13.0. The van der Waals surface area contributed by atoms with E-state index < -0.39 is 10.8 Å². The number of halogens is 1. The third kappa shape index (κ3) is 2.92. The second kappa shape index (κ2) is 5.55. The molecule has 0 heterocycles. The van der Waals surface area contributed by atoms with Crippen LogP contribution >= 0.6 is 11.6 Å². The second-order valence-electron chi connectivity index (χ2n) is 4.10. The molecule has 18 heavy (non-hydrogen) atoms. The Morgan fingerprint density at radius 2 is 1.94 bits per heavy atom. The van der Waals surface area contributed by atoms with Crippen molar-refractivity contribution in [3.05, 3.63) is 58.6 Å². The minimum atomic E-state index is -1.15. The summed E-state index contributed by atoms with van der Waals surface area (Å²) in [6.45, 7) is 2.01. The van der Waals surface area contributed by atoms with Crippen LogP contribution in [-0.2, 0) is 16.6 Å². The molecule has 2 N–H and O–H groups in total. The number of nitrogen functional groups attached to an aromatic ring is 1. The van der Waals surface area contributed by atoms with Crippen molar-refractivity contribution in [2.45, 2.75) is 17.6 Å². The minimum absolute atomic E-state index is 0.471. The Kier molecular flexibility index (Phi) is 4.04. The highest BCUT2D eigenvalue weighted by molar-refractivity contribution is 7.84. The molecule has 2 rings (SSSR count). The molecule has 0 aromatic heterocycles. The van der Waals surface area contributed by atoms with E-state index in [1.165, 1.54) is 0 Å². The maximum atomic E-state index is 12.3. The molecule has 2 aromatic rings. The monoisotopic (exact) mass is 279 g/mol. The molecule has 0 radical (unpaired) electrons. The van der Waals surface area contributed by atoms with Gasteiger partial charge in [-0.15, -0.1) is 0 Å². The Labute approximate surface area is 114 Å². The molecule has 1 unspecified atom stereocenters. The van der Waals surface area contributed by atoms with Crippen molar-refractivity contribution in [2.75, 3.05) is 5.73 Å². The predicted octanol–water partition coefficient (Wildman–Crippen LogP) is 3.54. The molecule has 94 valence electrons. The van der Waals surface area contributed by atoms with E-state index in [2.05, 4.69) is 0 Å². The fourth-order valence-electron chi connectivity index (χ4n) is 1.72. The highest BCUT2D eigenvalue weighted by Gasteiger charge is 2.10. The van der Waals surface area contributed by atoms with E-state index in [0.717, 1.165) is 11.1 Å². The molecule has 0 saturated heterocycles. The Balaban J connectivity index is 2.25. The summed E-state index contributed by atoms with van der Waals surface area (Å²) in [6.07, 6.45) is 0. The van der Waals surface area contributed by atoms with Crippen LogP contribution in [0, 0.1) is 6.92 Å². The lowest BCUT2D eigenvalue weighted by Crippen LogP contribution is -2.02. The molecule has 0 spiro atoms. The van der Waals surface area contributed by atoms with Gasteiger partial charge in [0.05, 0.1) is 21.4 Å². The summed E-state index contributed by atoms with van der Waals surface area (Å²) in [5, 5.41) is 0.559. The zero-order chi connectivity index (χ0) is 13.1. The third-order valence-corrected chi connectivity index (χ3v) is 4.44. The predicted molar refractivity (Wildman–Crippen MR) is 77.2 cm³/mol. The van der Waals surface area contributed by atoms with Crippen LogP contribution in [0.2, 0.25) is 5.02 Å². The van der Waals surface area contributed by atoms with Gasteiger partial charge in [0, 0.05) is 10.7 Å². The molecule has 0 aliphatic rings. The molecular weight excluding hydrogens is 266 g/mol. The van der Waals surface area contributed by atoms with Gasteiger partial charge in [-0.25, -0.2) is 0 Å². The maximum absolute atomic E-state index is 12.3. The topological polar surface area (TPSA) is 43.1 Å². The van der Waals surface area contributed by atoms with Crippen LogP contribution in [0.15, 0.2) is 47.4 Å². The summed E-state index contributed by atoms with van der Waals surface area (Å²) in [7, 11) is -1.15. The highest BCUT2D eigenvalue weighted by Crippen LogP contribution is 2.23. The van der Waals surface area contributed by atoms with Crippen LogP contribution in [0.5, 0.6) is 0 Å². The standard InChI is InChI=1S/C14H14ClNOS/c1-10-4-2-3-5-11(10)9-18(17)14-7-6-12(15)8-13(14)16/h2-8H,9,16H2,1H3. The SMILES string of the molecule is Cc1ccccc1CS(=O)c1ccc(Cl)cc1N. The maximum Gasteiger partial charge on any atom is 0.0621 e. The molecule has 0 fully saturated rings. The van der Waals surface area contributed by atoms with Gasteiger partial charge in [0.25, 0.3) is 0 Å². The van der Waals surface area contributed by atoms with E-state index in [-0.39, 0.29) is 0 Å². The lowest BCUT2D eigenvalue weighted by Gasteiger charge is -2.08. The van der Waals surface area contributed by atoms with Crippen LogP contribution < -0.4 is 5.73 Å². The second-order valence-corrected chi connectivity index (χ2v) is 5.95. The highest BCUT2D eigenvalue weighted by atomic mass is 35.5. The first kappa shape index (κ1) is 13.1. The molecule has 2 aromatic carbocycles. The Bertz CT molecular complexity index is 598. The minimum Gasteiger partial charge on any atom is -0.398 e. The zero-order valence-corrected chi connectivity index (χ0v) is 11.6. The van der Waals surface area contributed by atoms with Crippen molar-refractivity contribution in [3.63, 3.8) is 0 Å². The lowest BCUT2D eigenvalue weighted by molar-refractivity contribution is 0.683. The first-order valence-electron chi connectivity index (χ1n) is 5.56. The summed E-state index contributed by atoms with van der Waals surface area (Å²) in [5.74, 6) is 0.471. The van der Waals surface area contributed by atoms with Gasteiger partial charge in [0.15, 0.2) is 0 Å². The smallest absolute Gasteiger partial charge is 0.0621 e. The van der Waals surface area contributed by atoms with Crippen LogP contribution in [0.25, 0.3) is 0 Å². The molecular formula is C14H14ClNOS. The van der Waals surface area contributed by atoms with Crippen molar-refractivity contribution in [3.8, 4) is 0 Å². The van der Waals surface area contributed by atoms with Crippen molar-refractivity contribution in [1.29, 1.82) is 0 Å². The quantitative estimate of drug-likeness (QED) is 0.874. The molecule has 0 amide bonds. The molecule has 1 atom stereocenters. The Hall–Kier alpha value is -1.32. The lowest BCUT2D eigenvalue weighted by atomic mass is 10.1. The average molecular weight is 280 g/mol. The normalized spacial score (nSPS) is 12.3. The van der Waals surface area contributed by atoms with Gasteiger partial charge in [-0.05, 0) is 36.2 Å². The summed E-state index contributed by atoms with van der Waals surface area (Å²) in [4.78, 5) is 0.641. The van der Waals surface area contributed by atoms with Crippen molar-refractivity contribution in [1.82, 2.24) is 0 Å². The summed E-state index contributed by atoms with van der Waals surface area (Å²) in [5.41, 5.74) is 8.53. The molecule has 2 nitrogen and oxygen atoms in total. The first-order chi connectivity index (χ1) is 8.58. The zero-order valence-electron chi connectivity index (χ0n) is 10.0. The number of anilines is 1. The van der Waals surface area contributed by atoms with Crippen molar-refractivity contribution < 1.29 is 4.21 Å². The van der Waals surface area contributed by atoms with E-state index in [4.69, 9.17) is 17.3 Å². The van der Waals surface area contributed by atoms with Crippen molar-refractivity contribution in [2.24, 2.45) is 0 Å². The molecule has 0 saturated carbocycles. The largest absolute Gasteiger partial charge is 0.398 e. The Morgan fingerprint density at radius 3 is 2.61 bits per heavy atom. The van der Waals surface area contributed by atoms with Gasteiger partial charge in [-0.3, -0.25) is 4.21 Å². The number of aryl methyl sites for hydroxylation is 1. The van der Waals surface area contributed by atoms with E-state index in [1.807, 2.05) is 31.2 Å². The van der Waals surface area contributed by atoms with Crippen LogP contribution in [0.4, 0.5) is 5.69 Å². The Morgan fingerprint density at radius 1 is 1.22 bits per heavy atom.